The lowest BCUT2D eigenvalue weighted by molar-refractivity contribution is 0.332. The van der Waals surface area contributed by atoms with E-state index in [1.165, 1.54) is 0 Å². The number of halogens is 1. The molecule has 0 fully saturated rings. The summed E-state index contributed by atoms with van der Waals surface area (Å²) >= 11 is 5.89. The van der Waals surface area contributed by atoms with Gasteiger partial charge in [-0.1, -0.05) is 11.6 Å². The van der Waals surface area contributed by atoms with Crippen molar-refractivity contribution in [3.05, 3.63) is 41.7 Å². The third-order valence-electron chi connectivity index (χ3n) is 2.57. The normalized spacial score (nSPS) is 10.2. The maximum atomic E-state index is 5.89. The van der Waals surface area contributed by atoms with Crippen molar-refractivity contribution < 1.29 is 9.47 Å². The summed E-state index contributed by atoms with van der Waals surface area (Å²) < 4.78 is 11.1. The predicted octanol–water partition coefficient (Wildman–Crippen LogP) is 4.28. The second kappa shape index (κ2) is 7.01. The maximum absolute atomic E-state index is 5.89. The Balaban J connectivity index is 2.29. The molecule has 2 rings (SSSR count). The minimum absolute atomic E-state index is 0.439. The van der Waals surface area contributed by atoms with Gasteiger partial charge >= 0.3 is 0 Å². The zero-order valence-corrected chi connectivity index (χ0v) is 12.3. The topological polar surface area (TPSA) is 43.4 Å². The van der Waals surface area contributed by atoms with Gasteiger partial charge in [0.1, 0.15) is 16.7 Å². The van der Waals surface area contributed by atoms with Gasteiger partial charge in [-0.3, -0.25) is 0 Å². The summed E-state index contributed by atoms with van der Waals surface area (Å²) in [6, 6.07) is 9.28. The molecule has 1 aromatic carbocycles. The lowest BCUT2D eigenvalue weighted by atomic mass is 10.2. The Morgan fingerprint density at radius 2 is 1.90 bits per heavy atom. The molecular weight excluding hydrogens is 276 g/mol. The Kier molecular flexibility index (Phi) is 5.07. The van der Waals surface area contributed by atoms with Crippen LogP contribution >= 0.6 is 11.6 Å². The molecule has 1 heterocycles. The predicted molar refractivity (Wildman–Crippen MR) is 81.3 cm³/mol. The quantitative estimate of drug-likeness (QED) is 0.807. The molecule has 1 aromatic heterocycles. The monoisotopic (exact) mass is 292 g/mol. The van der Waals surface area contributed by atoms with Gasteiger partial charge < -0.3 is 14.8 Å². The Morgan fingerprint density at radius 1 is 1.10 bits per heavy atom. The van der Waals surface area contributed by atoms with Crippen LogP contribution in [-0.2, 0) is 0 Å². The molecule has 0 aliphatic rings. The molecule has 0 atom stereocenters. The highest BCUT2D eigenvalue weighted by Gasteiger charge is 2.07. The first-order valence-electron chi connectivity index (χ1n) is 6.51. The van der Waals surface area contributed by atoms with Gasteiger partial charge in [0.2, 0.25) is 0 Å². The van der Waals surface area contributed by atoms with Gasteiger partial charge in [-0.05, 0) is 38.1 Å². The number of hydrogen-bond acceptors (Lipinski definition) is 4. The zero-order valence-electron chi connectivity index (χ0n) is 11.5. The summed E-state index contributed by atoms with van der Waals surface area (Å²) in [5.41, 5.74) is 1.68. The fourth-order valence-corrected chi connectivity index (χ4v) is 1.95. The van der Waals surface area contributed by atoms with Crippen LogP contribution in [0.1, 0.15) is 13.8 Å². The van der Waals surface area contributed by atoms with E-state index in [1.807, 2.05) is 38.1 Å². The van der Waals surface area contributed by atoms with E-state index in [0.29, 0.717) is 18.4 Å². The second-order valence-electron chi connectivity index (χ2n) is 4.02. The van der Waals surface area contributed by atoms with Crippen molar-refractivity contribution in [2.75, 3.05) is 18.5 Å². The molecule has 2 aromatic rings. The molecule has 0 aliphatic carbocycles. The summed E-state index contributed by atoms with van der Waals surface area (Å²) in [5.74, 6) is 1.56. The molecule has 1 N–H and O–H groups in total. The van der Waals surface area contributed by atoms with Crippen molar-refractivity contribution >= 4 is 23.0 Å². The molecule has 0 saturated heterocycles. The number of rotatable bonds is 6. The van der Waals surface area contributed by atoms with Crippen LogP contribution in [0.4, 0.5) is 11.4 Å². The van der Waals surface area contributed by atoms with E-state index in [1.54, 1.807) is 12.3 Å². The number of aromatic nitrogens is 1. The number of nitrogens with one attached hydrogen (secondary N) is 1. The molecule has 106 valence electrons. The number of anilines is 2. The van der Waals surface area contributed by atoms with Crippen LogP contribution in [0, 0.1) is 0 Å². The lowest BCUT2D eigenvalue weighted by Gasteiger charge is -2.14. The van der Waals surface area contributed by atoms with Gasteiger partial charge in [-0.25, -0.2) is 4.98 Å². The van der Waals surface area contributed by atoms with Gasteiger partial charge in [0.05, 0.1) is 18.9 Å². The van der Waals surface area contributed by atoms with E-state index in [9.17, 15) is 0 Å². The van der Waals surface area contributed by atoms with Crippen LogP contribution in [0.3, 0.4) is 0 Å². The van der Waals surface area contributed by atoms with E-state index in [-0.39, 0.29) is 0 Å². The molecule has 0 aliphatic heterocycles. The molecular formula is C15H17ClN2O2. The fourth-order valence-electron chi connectivity index (χ4n) is 1.78. The smallest absolute Gasteiger partial charge is 0.142 e. The van der Waals surface area contributed by atoms with Gasteiger partial charge in [0.15, 0.2) is 0 Å². The Bertz CT molecular complexity index is 576. The van der Waals surface area contributed by atoms with Crippen LogP contribution < -0.4 is 14.8 Å². The SMILES string of the molecule is CCOc1ccc(OCC)c(Nc2ccnc(Cl)c2)c1. The first kappa shape index (κ1) is 14.5. The molecule has 5 heteroatoms. The average molecular weight is 293 g/mol. The number of benzene rings is 1. The Hall–Kier alpha value is -1.94. The molecule has 0 saturated carbocycles. The summed E-state index contributed by atoms with van der Waals surface area (Å²) in [6.07, 6.45) is 1.65. The summed E-state index contributed by atoms with van der Waals surface area (Å²) in [5, 5.41) is 3.71. The van der Waals surface area contributed by atoms with E-state index in [4.69, 9.17) is 21.1 Å². The van der Waals surface area contributed by atoms with Crippen LogP contribution in [0.2, 0.25) is 5.15 Å². The van der Waals surface area contributed by atoms with E-state index in [2.05, 4.69) is 10.3 Å². The van der Waals surface area contributed by atoms with Gasteiger partial charge in [-0.2, -0.15) is 0 Å². The molecule has 4 nitrogen and oxygen atoms in total. The number of pyridine rings is 1. The first-order chi connectivity index (χ1) is 9.72. The van der Waals surface area contributed by atoms with E-state index in [0.717, 1.165) is 22.9 Å². The molecule has 0 bridgehead atoms. The van der Waals surface area contributed by atoms with Crippen LogP contribution in [0.5, 0.6) is 11.5 Å². The molecule has 0 unspecified atom stereocenters. The third kappa shape index (κ3) is 3.78. The maximum Gasteiger partial charge on any atom is 0.142 e. The average Bonchev–Trinajstić information content (AvgIpc) is 2.42. The van der Waals surface area contributed by atoms with Gasteiger partial charge in [0, 0.05) is 18.0 Å². The minimum Gasteiger partial charge on any atom is -0.494 e. The van der Waals surface area contributed by atoms with Crippen LogP contribution in [0.15, 0.2) is 36.5 Å². The number of nitrogens with zero attached hydrogens (tertiary/aromatic N) is 1. The van der Waals surface area contributed by atoms with Crippen molar-refractivity contribution in [1.29, 1.82) is 0 Å². The summed E-state index contributed by atoms with van der Waals surface area (Å²) in [6.45, 7) is 5.12. The van der Waals surface area contributed by atoms with Gasteiger partial charge in [0.25, 0.3) is 0 Å². The summed E-state index contributed by atoms with van der Waals surface area (Å²) in [7, 11) is 0. The standard InChI is InChI=1S/C15H17ClN2O2/c1-3-19-12-5-6-14(20-4-2)13(10-12)18-11-7-8-17-15(16)9-11/h5-10H,3-4H2,1-2H3,(H,17,18). The third-order valence-corrected chi connectivity index (χ3v) is 2.77. The van der Waals surface area contributed by atoms with Crippen molar-refractivity contribution in [3.63, 3.8) is 0 Å². The van der Waals surface area contributed by atoms with Crippen molar-refractivity contribution in [2.45, 2.75) is 13.8 Å². The molecule has 20 heavy (non-hydrogen) atoms. The first-order valence-corrected chi connectivity index (χ1v) is 6.89. The Labute approximate surface area is 123 Å². The molecule has 0 spiro atoms. The van der Waals surface area contributed by atoms with Crippen LogP contribution in [-0.4, -0.2) is 18.2 Å². The number of ether oxygens (including phenoxy) is 2. The minimum atomic E-state index is 0.439. The fraction of sp³-hybridized carbons (Fsp3) is 0.267. The van der Waals surface area contributed by atoms with Gasteiger partial charge in [-0.15, -0.1) is 0 Å². The summed E-state index contributed by atoms with van der Waals surface area (Å²) in [4.78, 5) is 3.96. The Morgan fingerprint density at radius 3 is 2.60 bits per heavy atom. The number of hydrogen-bond donors (Lipinski definition) is 1. The van der Waals surface area contributed by atoms with Crippen molar-refractivity contribution in [1.82, 2.24) is 4.98 Å². The highest BCUT2D eigenvalue weighted by molar-refractivity contribution is 6.29. The highest BCUT2D eigenvalue weighted by Crippen LogP contribution is 2.32. The largest absolute Gasteiger partial charge is 0.494 e. The van der Waals surface area contributed by atoms with Crippen molar-refractivity contribution in [2.24, 2.45) is 0 Å². The molecule has 0 radical (unpaired) electrons. The lowest BCUT2D eigenvalue weighted by Crippen LogP contribution is -1.99. The van der Waals surface area contributed by atoms with E-state index < -0.39 is 0 Å². The van der Waals surface area contributed by atoms with Crippen molar-refractivity contribution in [3.8, 4) is 11.5 Å². The highest BCUT2D eigenvalue weighted by atomic mass is 35.5. The second-order valence-corrected chi connectivity index (χ2v) is 4.40. The van der Waals surface area contributed by atoms with E-state index >= 15 is 0 Å². The zero-order chi connectivity index (χ0) is 14.4. The molecule has 0 amide bonds. The van der Waals surface area contributed by atoms with Crippen LogP contribution in [0.25, 0.3) is 0 Å².